The van der Waals surface area contributed by atoms with Crippen LogP contribution in [0.4, 0.5) is 0 Å². The Labute approximate surface area is 82.3 Å². The molecular weight excluding hydrogens is 180 g/mol. The molecule has 0 radical (unpaired) electrons. The highest BCUT2D eigenvalue weighted by atomic mass is 16.5. The zero-order valence-electron chi connectivity index (χ0n) is 8.06. The van der Waals surface area contributed by atoms with Crippen molar-refractivity contribution in [1.29, 1.82) is 0 Å². The summed E-state index contributed by atoms with van der Waals surface area (Å²) in [6.07, 6.45) is 5.94. The molecule has 0 unspecified atom stereocenters. The molecule has 4 heteroatoms. The Hall–Kier alpha value is -1.45. The molecule has 0 atom stereocenters. The van der Waals surface area contributed by atoms with Crippen molar-refractivity contribution < 1.29 is 9.53 Å². The number of nitrogens with zero attached hydrogens (tertiary/aromatic N) is 2. The Morgan fingerprint density at radius 1 is 1.50 bits per heavy atom. The molecule has 2 rings (SSSR count). The normalized spacial score (nSPS) is 15.2. The maximum atomic E-state index is 11.7. The van der Waals surface area contributed by atoms with E-state index in [-0.39, 0.29) is 5.78 Å². The van der Waals surface area contributed by atoms with Crippen molar-refractivity contribution in [2.75, 3.05) is 7.11 Å². The summed E-state index contributed by atoms with van der Waals surface area (Å²) in [5, 5.41) is 0. The smallest absolute Gasteiger partial charge is 0.243 e. The highest BCUT2D eigenvalue weighted by Crippen LogP contribution is 2.33. The topological polar surface area (TPSA) is 52.1 Å². The van der Waals surface area contributed by atoms with Gasteiger partial charge in [-0.2, -0.15) is 0 Å². The third kappa shape index (κ3) is 1.89. The van der Waals surface area contributed by atoms with E-state index in [1.54, 1.807) is 0 Å². The average Bonchev–Trinajstić information content (AvgIpc) is 3.01. The van der Waals surface area contributed by atoms with E-state index in [9.17, 15) is 4.79 Å². The molecule has 0 amide bonds. The molecule has 1 aliphatic carbocycles. The van der Waals surface area contributed by atoms with E-state index in [0.717, 1.165) is 12.8 Å². The lowest BCUT2D eigenvalue weighted by atomic mass is 10.1. The standard InChI is InChI=1S/C10H12N2O2/c1-14-10-9(11-4-5-12-10)8(13)6-7-2-3-7/h4-5,7H,2-3,6H2,1H3. The number of aromatic nitrogens is 2. The number of hydrogen-bond donors (Lipinski definition) is 0. The number of carbonyl (C=O) groups is 1. The van der Waals surface area contributed by atoms with Crippen molar-refractivity contribution in [3.05, 3.63) is 18.1 Å². The van der Waals surface area contributed by atoms with Crippen LogP contribution < -0.4 is 4.74 Å². The second kappa shape index (κ2) is 3.74. The van der Waals surface area contributed by atoms with E-state index < -0.39 is 0 Å². The Balaban J connectivity index is 2.16. The lowest BCUT2D eigenvalue weighted by Gasteiger charge is -2.03. The number of ether oxygens (including phenoxy) is 1. The first kappa shape index (κ1) is 9.12. The lowest BCUT2D eigenvalue weighted by Crippen LogP contribution is -2.06. The fraction of sp³-hybridized carbons (Fsp3) is 0.500. The van der Waals surface area contributed by atoms with E-state index in [4.69, 9.17) is 4.74 Å². The van der Waals surface area contributed by atoms with Crippen LogP contribution in [0.2, 0.25) is 0 Å². The van der Waals surface area contributed by atoms with Gasteiger partial charge in [-0.15, -0.1) is 0 Å². The predicted octanol–water partition coefficient (Wildman–Crippen LogP) is 1.47. The molecule has 1 saturated carbocycles. The molecule has 0 aliphatic heterocycles. The summed E-state index contributed by atoms with van der Waals surface area (Å²) in [6.45, 7) is 0. The SMILES string of the molecule is COc1nccnc1C(=O)CC1CC1. The van der Waals surface area contributed by atoms with Gasteiger partial charge in [0.25, 0.3) is 0 Å². The van der Waals surface area contributed by atoms with Crippen LogP contribution in [0, 0.1) is 5.92 Å². The van der Waals surface area contributed by atoms with Gasteiger partial charge in [-0.05, 0) is 18.8 Å². The summed E-state index contributed by atoms with van der Waals surface area (Å²) in [5.74, 6) is 0.935. The van der Waals surface area contributed by atoms with Gasteiger partial charge in [0.15, 0.2) is 11.5 Å². The van der Waals surface area contributed by atoms with E-state index in [1.807, 2.05) is 0 Å². The quantitative estimate of drug-likeness (QED) is 0.678. The second-order valence-electron chi connectivity index (χ2n) is 3.48. The van der Waals surface area contributed by atoms with Gasteiger partial charge in [0.05, 0.1) is 7.11 Å². The van der Waals surface area contributed by atoms with Gasteiger partial charge in [0.2, 0.25) is 5.88 Å². The first-order valence-electron chi connectivity index (χ1n) is 4.69. The van der Waals surface area contributed by atoms with Crippen molar-refractivity contribution in [3.63, 3.8) is 0 Å². The molecule has 14 heavy (non-hydrogen) atoms. The molecule has 1 heterocycles. The molecule has 0 saturated heterocycles. The molecule has 0 spiro atoms. The van der Waals surface area contributed by atoms with Crippen molar-refractivity contribution >= 4 is 5.78 Å². The largest absolute Gasteiger partial charge is 0.479 e. The van der Waals surface area contributed by atoms with Crippen molar-refractivity contribution in [3.8, 4) is 5.88 Å². The first-order chi connectivity index (χ1) is 6.81. The summed E-state index contributed by atoms with van der Waals surface area (Å²) in [6, 6.07) is 0. The van der Waals surface area contributed by atoms with E-state index in [2.05, 4.69) is 9.97 Å². The highest BCUT2D eigenvalue weighted by molar-refractivity contribution is 5.96. The van der Waals surface area contributed by atoms with Crippen LogP contribution in [0.25, 0.3) is 0 Å². The number of ketones is 1. The van der Waals surface area contributed by atoms with Crippen LogP contribution in [-0.2, 0) is 0 Å². The van der Waals surface area contributed by atoms with Crippen LogP contribution in [0.15, 0.2) is 12.4 Å². The fourth-order valence-electron chi connectivity index (χ4n) is 1.35. The van der Waals surface area contributed by atoms with Crippen LogP contribution in [0.1, 0.15) is 29.8 Å². The molecule has 1 aromatic heterocycles. The van der Waals surface area contributed by atoms with Gasteiger partial charge >= 0.3 is 0 Å². The van der Waals surface area contributed by atoms with Gasteiger partial charge in [-0.25, -0.2) is 9.97 Å². The monoisotopic (exact) mass is 192 g/mol. The number of methoxy groups -OCH3 is 1. The highest BCUT2D eigenvalue weighted by Gasteiger charge is 2.27. The summed E-state index contributed by atoms with van der Waals surface area (Å²) in [7, 11) is 1.50. The van der Waals surface area contributed by atoms with E-state index in [1.165, 1.54) is 19.5 Å². The van der Waals surface area contributed by atoms with Crippen LogP contribution in [-0.4, -0.2) is 22.9 Å². The molecule has 4 nitrogen and oxygen atoms in total. The van der Waals surface area contributed by atoms with E-state index >= 15 is 0 Å². The molecular formula is C10H12N2O2. The summed E-state index contributed by atoms with van der Waals surface area (Å²) in [4.78, 5) is 19.6. The number of carbonyl (C=O) groups excluding carboxylic acids is 1. The molecule has 1 aromatic rings. The van der Waals surface area contributed by atoms with Gasteiger partial charge in [0.1, 0.15) is 0 Å². The van der Waals surface area contributed by atoms with Crippen molar-refractivity contribution in [2.24, 2.45) is 5.92 Å². The Morgan fingerprint density at radius 3 is 2.86 bits per heavy atom. The zero-order chi connectivity index (χ0) is 9.97. The summed E-state index contributed by atoms with van der Waals surface area (Å²) < 4.78 is 4.97. The molecule has 0 bridgehead atoms. The fourth-order valence-corrected chi connectivity index (χ4v) is 1.35. The maximum absolute atomic E-state index is 11.7. The molecule has 1 fully saturated rings. The minimum Gasteiger partial charge on any atom is -0.479 e. The van der Waals surface area contributed by atoms with Crippen LogP contribution >= 0.6 is 0 Å². The Kier molecular flexibility index (Phi) is 2.43. The second-order valence-corrected chi connectivity index (χ2v) is 3.48. The van der Waals surface area contributed by atoms with E-state index in [0.29, 0.717) is 23.9 Å². The first-order valence-corrected chi connectivity index (χ1v) is 4.69. The third-order valence-corrected chi connectivity index (χ3v) is 2.29. The predicted molar refractivity (Wildman–Crippen MR) is 50.3 cm³/mol. The molecule has 74 valence electrons. The van der Waals surface area contributed by atoms with Crippen molar-refractivity contribution in [1.82, 2.24) is 9.97 Å². The third-order valence-electron chi connectivity index (χ3n) is 2.29. The summed E-state index contributed by atoms with van der Waals surface area (Å²) >= 11 is 0. The average molecular weight is 192 g/mol. The summed E-state index contributed by atoms with van der Waals surface area (Å²) in [5.41, 5.74) is 0.363. The number of Topliss-reactive ketones (excluding diaryl/α,β-unsaturated/α-hetero) is 1. The van der Waals surface area contributed by atoms with Gasteiger partial charge in [-0.3, -0.25) is 4.79 Å². The molecule has 0 aromatic carbocycles. The van der Waals surface area contributed by atoms with Gasteiger partial charge in [0, 0.05) is 18.8 Å². The number of rotatable bonds is 4. The minimum absolute atomic E-state index is 0.0393. The molecule has 1 aliphatic rings. The number of hydrogen-bond acceptors (Lipinski definition) is 4. The van der Waals surface area contributed by atoms with Crippen molar-refractivity contribution in [2.45, 2.75) is 19.3 Å². The Morgan fingerprint density at radius 2 is 2.21 bits per heavy atom. The maximum Gasteiger partial charge on any atom is 0.243 e. The zero-order valence-corrected chi connectivity index (χ0v) is 8.06. The van der Waals surface area contributed by atoms with Gasteiger partial charge < -0.3 is 4.74 Å². The molecule has 0 N–H and O–H groups in total. The van der Waals surface area contributed by atoms with Crippen LogP contribution in [0.3, 0.4) is 0 Å². The minimum atomic E-state index is 0.0393. The van der Waals surface area contributed by atoms with Gasteiger partial charge in [-0.1, -0.05) is 0 Å². The van der Waals surface area contributed by atoms with Crippen LogP contribution in [0.5, 0.6) is 5.88 Å². The Bertz CT molecular complexity index is 348. The lowest BCUT2D eigenvalue weighted by molar-refractivity contribution is 0.0967.